The van der Waals surface area contributed by atoms with Gasteiger partial charge in [0.15, 0.2) is 12.2 Å². The first-order chi connectivity index (χ1) is 39.1. The lowest BCUT2D eigenvalue weighted by Gasteiger charge is -2.21. The van der Waals surface area contributed by atoms with Gasteiger partial charge >= 0.3 is 39.5 Å². The number of esters is 4. The first-order valence-electron chi connectivity index (χ1n) is 32.7. The van der Waals surface area contributed by atoms with E-state index in [1.807, 2.05) is 0 Å². The SMILES string of the molecule is CC(C)CCCCCCCCCCCCCC(=O)O[C@H](COC(=O)CCCCCCCCC(C)C)COP(=O)(O)OC[C@H](O)COP(=O)(O)OC[C@@H](COC(=O)CCCCCCCCC(C)C)OC(=O)CCCCCCCCCC(C)C. The van der Waals surface area contributed by atoms with Crippen molar-refractivity contribution in [1.82, 2.24) is 0 Å². The van der Waals surface area contributed by atoms with E-state index in [0.717, 1.165) is 109 Å². The lowest BCUT2D eigenvalue weighted by atomic mass is 10.0. The van der Waals surface area contributed by atoms with E-state index in [2.05, 4.69) is 55.4 Å². The highest BCUT2D eigenvalue weighted by Crippen LogP contribution is 2.45. The van der Waals surface area contributed by atoms with Crippen molar-refractivity contribution in [3.05, 3.63) is 0 Å². The first kappa shape index (κ1) is 80.1. The molecule has 0 heterocycles. The summed E-state index contributed by atoms with van der Waals surface area (Å²) in [5, 5.41) is 10.5. The van der Waals surface area contributed by atoms with E-state index in [1.165, 1.54) is 89.9 Å². The Morgan fingerprint density at radius 2 is 0.512 bits per heavy atom. The maximum absolute atomic E-state index is 13.0. The Balaban J connectivity index is 5.23. The fourth-order valence-electron chi connectivity index (χ4n) is 9.25. The summed E-state index contributed by atoms with van der Waals surface area (Å²) >= 11 is 0. The highest BCUT2D eigenvalue weighted by molar-refractivity contribution is 7.47. The lowest BCUT2D eigenvalue weighted by Crippen LogP contribution is -2.30. The second kappa shape index (κ2) is 53.3. The number of ether oxygens (including phenoxy) is 4. The van der Waals surface area contributed by atoms with Crippen molar-refractivity contribution >= 4 is 39.5 Å². The van der Waals surface area contributed by atoms with Gasteiger partial charge in [-0.2, -0.15) is 0 Å². The number of phosphoric ester groups is 2. The molecule has 82 heavy (non-hydrogen) atoms. The summed E-state index contributed by atoms with van der Waals surface area (Å²) in [6, 6.07) is 0. The highest BCUT2D eigenvalue weighted by Gasteiger charge is 2.30. The van der Waals surface area contributed by atoms with Crippen LogP contribution in [0.4, 0.5) is 0 Å². The monoisotopic (exact) mass is 1210 g/mol. The van der Waals surface area contributed by atoms with Crippen molar-refractivity contribution in [3.8, 4) is 0 Å². The van der Waals surface area contributed by atoms with Crippen molar-refractivity contribution in [3.63, 3.8) is 0 Å². The van der Waals surface area contributed by atoms with E-state index in [0.29, 0.717) is 43.4 Å². The van der Waals surface area contributed by atoms with E-state index in [4.69, 9.17) is 37.0 Å². The van der Waals surface area contributed by atoms with Crippen LogP contribution in [0.1, 0.15) is 299 Å². The molecule has 0 spiro atoms. The van der Waals surface area contributed by atoms with Gasteiger partial charge in [0.1, 0.15) is 19.3 Å². The average molecular weight is 1210 g/mol. The number of aliphatic hydroxyl groups excluding tert-OH is 1. The Hall–Kier alpha value is -1.94. The molecule has 0 aliphatic heterocycles. The number of carbonyl (C=O) groups is 4. The Kier molecular flexibility index (Phi) is 52.0. The molecule has 0 fully saturated rings. The number of unbranched alkanes of at least 4 members (excludes halogenated alkanes) is 26. The molecule has 0 rings (SSSR count). The summed E-state index contributed by atoms with van der Waals surface area (Å²) in [7, 11) is -9.89. The van der Waals surface area contributed by atoms with Crippen molar-refractivity contribution in [1.29, 1.82) is 0 Å². The third kappa shape index (κ3) is 57.2. The fourth-order valence-corrected chi connectivity index (χ4v) is 10.8. The van der Waals surface area contributed by atoms with Crippen LogP contribution in [0.25, 0.3) is 0 Å². The molecule has 17 nitrogen and oxygen atoms in total. The summed E-state index contributed by atoms with van der Waals surface area (Å²) < 4.78 is 67.9. The molecule has 486 valence electrons. The van der Waals surface area contributed by atoms with E-state index >= 15 is 0 Å². The van der Waals surface area contributed by atoms with Crippen molar-refractivity contribution in [2.75, 3.05) is 39.6 Å². The number of rotatable bonds is 60. The Morgan fingerprint density at radius 1 is 0.305 bits per heavy atom. The third-order valence-electron chi connectivity index (χ3n) is 14.3. The molecule has 0 saturated carbocycles. The van der Waals surface area contributed by atoms with Gasteiger partial charge in [0.2, 0.25) is 0 Å². The third-order valence-corrected chi connectivity index (χ3v) is 16.2. The van der Waals surface area contributed by atoms with Crippen LogP contribution >= 0.6 is 15.6 Å². The van der Waals surface area contributed by atoms with E-state index in [-0.39, 0.29) is 25.7 Å². The van der Waals surface area contributed by atoms with Gasteiger partial charge in [0.05, 0.1) is 26.4 Å². The summed E-state index contributed by atoms with van der Waals surface area (Å²) in [6.07, 6.45) is 32.5. The van der Waals surface area contributed by atoms with Crippen LogP contribution in [0.5, 0.6) is 0 Å². The average Bonchev–Trinajstić information content (AvgIpc) is 3.42. The summed E-state index contributed by atoms with van der Waals surface area (Å²) in [4.78, 5) is 72.1. The van der Waals surface area contributed by atoms with Crippen molar-refractivity contribution in [2.24, 2.45) is 23.7 Å². The topological polar surface area (TPSA) is 237 Å². The van der Waals surface area contributed by atoms with Gasteiger partial charge in [-0.15, -0.1) is 0 Å². The Morgan fingerprint density at radius 3 is 0.756 bits per heavy atom. The maximum atomic E-state index is 13.0. The van der Waals surface area contributed by atoms with Gasteiger partial charge in [-0.3, -0.25) is 37.3 Å². The van der Waals surface area contributed by atoms with E-state index in [1.54, 1.807) is 0 Å². The molecule has 5 atom stereocenters. The molecule has 0 aromatic heterocycles. The summed E-state index contributed by atoms with van der Waals surface area (Å²) in [6.45, 7) is 13.9. The molecule has 0 aromatic rings. The summed E-state index contributed by atoms with van der Waals surface area (Å²) in [5.41, 5.74) is 0. The largest absolute Gasteiger partial charge is 0.472 e. The quantitative estimate of drug-likeness (QED) is 0.0222. The molecule has 0 amide bonds. The van der Waals surface area contributed by atoms with Crippen LogP contribution in [0, 0.1) is 23.7 Å². The molecule has 0 bridgehead atoms. The van der Waals surface area contributed by atoms with Gasteiger partial charge in [-0.1, -0.05) is 248 Å². The second-order valence-electron chi connectivity index (χ2n) is 24.7. The van der Waals surface area contributed by atoms with Crippen LogP contribution in [0.2, 0.25) is 0 Å². The van der Waals surface area contributed by atoms with Crippen LogP contribution in [-0.4, -0.2) is 96.7 Å². The predicted octanol–water partition coefficient (Wildman–Crippen LogP) is 17.0. The Labute approximate surface area is 498 Å². The zero-order valence-electron chi connectivity index (χ0n) is 53.1. The minimum absolute atomic E-state index is 0.102. The minimum atomic E-state index is -4.94. The van der Waals surface area contributed by atoms with Crippen molar-refractivity contribution in [2.45, 2.75) is 318 Å². The molecule has 0 aromatic carbocycles. The fraction of sp³-hybridized carbons (Fsp3) is 0.937. The molecule has 0 aliphatic rings. The minimum Gasteiger partial charge on any atom is -0.462 e. The van der Waals surface area contributed by atoms with Crippen LogP contribution < -0.4 is 0 Å². The van der Waals surface area contributed by atoms with Gasteiger partial charge in [-0.05, 0) is 49.4 Å². The number of hydrogen-bond acceptors (Lipinski definition) is 15. The highest BCUT2D eigenvalue weighted by atomic mass is 31.2. The first-order valence-corrected chi connectivity index (χ1v) is 35.7. The molecule has 0 radical (unpaired) electrons. The Bertz CT molecular complexity index is 1640. The van der Waals surface area contributed by atoms with Gasteiger partial charge < -0.3 is 33.8 Å². The lowest BCUT2D eigenvalue weighted by molar-refractivity contribution is -0.161. The van der Waals surface area contributed by atoms with Crippen molar-refractivity contribution < 1.29 is 80.2 Å². The van der Waals surface area contributed by atoms with E-state index < -0.39 is 97.5 Å². The van der Waals surface area contributed by atoms with Gasteiger partial charge in [0, 0.05) is 25.7 Å². The van der Waals surface area contributed by atoms with Gasteiger partial charge in [0.25, 0.3) is 0 Å². The molecular formula is C63H122O17P2. The normalized spacial score (nSPS) is 14.5. The van der Waals surface area contributed by atoms with E-state index in [9.17, 15) is 43.2 Å². The number of carbonyl (C=O) groups excluding carboxylic acids is 4. The van der Waals surface area contributed by atoms with Crippen LogP contribution in [0.15, 0.2) is 0 Å². The molecule has 0 saturated heterocycles. The van der Waals surface area contributed by atoms with Crippen LogP contribution in [-0.2, 0) is 65.4 Å². The zero-order valence-corrected chi connectivity index (χ0v) is 54.9. The second-order valence-corrected chi connectivity index (χ2v) is 27.6. The molecule has 3 N–H and O–H groups in total. The van der Waals surface area contributed by atoms with Gasteiger partial charge in [-0.25, -0.2) is 9.13 Å². The number of phosphoric acid groups is 2. The zero-order chi connectivity index (χ0) is 61.1. The smallest absolute Gasteiger partial charge is 0.462 e. The number of aliphatic hydroxyl groups is 1. The number of hydrogen-bond donors (Lipinski definition) is 3. The standard InChI is InChI=1S/C63H122O17P2/c1-53(2)39-31-23-15-12-10-9-11-13-17-29-37-45-62(67)79-58(49-73-60(65)43-35-27-21-19-25-33-41-55(5)6)51-77-81(69,70)75-47-57(64)48-76-82(71,72)78-52-59(50-74-61(66)44-36-28-22-20-26-34-42-56(7)8)80-63(68)46-38-30-18-14-16-24-32-40-54(3)4/h53-59,64H,9-52H2,1-8H3,(H,69,70)(H,71,72)/t57-,58+,59+/m0/s1. The molecule has 19 heteroatoms. The molecule has 0 aliphatic carbocycles. The van der Waals surface area contributed by atoms with Crippen LogP contribution in [0.3, 0.4) is 0 Å². The molecular weight excluding hydrogens is 1090 g/mol. The maximum Gasteiger partial charge on any atom is 0.472 e. The predicted molar refractivity (Wildman–Crippen MR) is 326 cm³/mol. The molecule has 2 unspecified atom stereocenters. The summed E-state index contributed by atoms with van der Waals surface area (Å²) in [5.74, 6) is 0.675.